The van der Waals surface area contributed by atoms with Crippen LogP contribution in [-0.4, -0.2) is 37.1 Å². The van der Waals surface area contributed by atoms with Crippen LogP contribution in [0.5, 0.6) is 5.75 Å². The minimum atomic E-state index is -3.93. The van der Waals surface area contributed by atoms with E-state index in [-0.39, 0.29) is 23.8 Å². The summed E-state index contributed by atoms with van der Waals surface area (Å²) in [6.07, 6.45) is 3.23. The van der Waals surface area contributed by atoms with Crippen molar-refractivity contribution in [3.8, 4) is 5.75 Å². The number of nitro groups is 1. The number of benzene rings is 2. The van der Waals surface area contributed by atoms with Gasteiger partial charge in [-0.1, -0.05) is 45.0 Å². The molecule has 0 aliphatic carbocycles. The smallest absolute Gasteiger partial charge is 0.271 e. The number of carbonyl (C=O) groups is 1. The van der Waals surface area contributed by atoms with Crippen molar-refractivity contribution in [2.75, 3.05) is 10.6 Å². The molecule has 0 saturated carbocycles. The molecule has 0 bridgehead atoms. The van der Waals surface area contributed by atoms with Gasteiger partial charge in [-0.25, -0.2) is 8.42 Å². The topological polar surface area (TPSA) is 119 Å². The first-order chi connectivity index (χ1) is 16.0. The lowest BCUT2D eigenvalue weighted by atomic mass is 9.83. The second-order valence-electron chi connectivity index (χ2n) is 8.56. The second-order valence-corrected chi connectivity index (χ2v) is 10.4. The van der Waals surface area contributed by atoms with Gasteiger partial charge in [-0.2, -0.15) is 0 Å². The quantitative estimate of drug-likeness (QED) is 0.413. The molecule has 0 fully saturated rings. The van der Waals surface area contributed by atoms with Crippen LogP contribution in [0.3, 0.4) is 0 Å². The van der Waals surface area contributed by atoms with Crippen LogP contribution >= 0.6 is 0 Å². The third-order valence-corrected chi connectivity index (χ3v) is 7.61. The summed E-state index contributed by atoms with van der Waals surface area (Å²) >= 11 is 0. The van der Waals surface area contributed by atoms with Gasteiger partial charge in [0.1, 0.15) is 17.4 Å². The summed E-state index contributed by atoms with van der Waals surface area (Å²) in [6.45, 7) is 5.79. The highest BCUT2D eigenvalue weighted by Gasteiger charge is 2.40. The summed E-state index contributed by atoms with van der Waals surface area (Å²) < 4.78 is 32.8. The van der Waals surface area contributed by atoms with Crippen molar-refractivity contribution < 1.29 is 22.9 Å². The molecular formula is C24H31N3O6S. The van der Waals surface area contributed by atoms with Crippen LogP contribution < -0.4 is 14.4 Å². The molecule has 34 heavy (non-hydrogen) atoms. The molecule has 2 atom stereocenters. The molecule has 1 heterocycles. The molecule has 0 saturated heterocycles. The largest absolute Gasteiger partial charge is 0.487 e. The van der Waals surface area contributed by atoms with Gasteiger partial charge in [0.25, 0.3) is 5.69 Å². The lowest BCUT2D eigenvalue weighted by Crippen LogP contribution is -2.52. The summed E-state index contributed by atoms with van der Waals surface area (Å²) in [5, 5.41) is 14.3. The third kappa shape index (κ3) is 5.16. The zero-order chi connectivity index (χ0) is 25.1. The Morgan fingerprint density at radius 1 is 1.21 bits per heavy atom. The van der Waals surface area contributed by atoms with Crippen molar-refractivity contribution in [1.82, 2.24) is 5.32 Å². The number of carbonyl (C=O) groups excluding carboxylic acids is 1. The number of nitrogens with zero attached hydrogens (tertiary/aromatic N) is 2. The van der Waals surface area contributed by atoms with Crippen molar-refractivity contribution in [2.24, 2.45) is 0 Å². The number of ether oxygens (including phenoxy) is 1. The molecule has 1 aliphatic rings. The standard InChI is InChI=1S/C24H31N3O6S/c1-5-21(26(34(4,31)32)17-11-10-12-18(15-17)27(29)30)23(28)25-20-16-24(6-2,7-3)33-22-14-9-8-13-19(20)22/h8-15,20-21H,5-7,16H2,1-4H3,(H,25,28)/t20-,21+/m1/s1. The summed E-state index contributed by atoms with van der Waals surface area (Å²) in [5.41, 5.74) is 0.215. The number of nitro benzene ring substituents is 1. The van der Waals surface area contributed by atoms with E-state index in [1.54, 1.807) is 6.92 Å². The highest BCUT2D eigenvalue weighted by atomic mass is 32.2. The van der Waals surface area contributed by atoms with Gasteiger partial charge in [0.05, 0.1) is 22.9 Å². The first-order valence-corrected chi connectivity index (χ1v) is 13.2. The van der Waals surface area contributed by atoms with Crippen LogP contribution in [0.25, 0.3) is 0 Å². The molecule has 1 amide bonds. The molecule has 0 aromatic heterocycles. The van der Waals surface area contributed by atoms with Crippen molar-refractivity contribution in [3.05, 3.63) is 64.2 Å². The Balaban J connectivity index is 1.98. The molecule has 0 spiro atoms. The monoisotopic (exact) mass is 489 g/mol. The van der Waals surface area contributed by atoms with Crippen molar-refractivity contribution in [3.63, 3.8) is 0 Å². The van der Waals surface area contributed by atoms with Gasteiger partial charge in [-0.15, -0.1) is 0 Å². The van der Waals surface area contributed by atoms with Gasteiger partial charge in [0.2, 0.25) is 15.9 Å². The number of sulfonamides is 1. The van der Waals surface area contributed by atoms with Crippen LogP contribution in [0.15, 0.2) is 48.5 Å². The summed E-state index contributed by atoms with van der Waals surface area (Å²) in [4.78, 5) is 24.2. The molecule has 1 aliphatic heterocycles. The Hall–Kier alpha value is -3.14. The van der Waals surface area contributed by atoms with E-state index in [1.807, 2.05) is 38.1 Å². The highest BCUT2D eigenvalue weighted by Crippen LogP contribution is 2.42. The number of non-ortho nitro benzene ring substituents is 1. The van der Waals surface area contributed by atoms with Gasteiger partial charge < -0.3 is 10.1 Å². The van der Waals surface area contributed by atoms with E-state index >= 15 is 0 Å². The number of hydrogen-bond donors (Lipinski definition) is 1. The Morgan fingerprint density at radius 2 is 1.88 bits per heavy atom. The Bertz CT molecular complexity index is 1160. The van der Waals surface area contributed by atoms with Crippen LogP contribution in [-0.2, 0) is 14.8 Å². The van der Waals surface area contributed by atoms with Crippen molar-refractivity contribution >= 4 is 27.3 Å². The molecule has 2 aromatic carbocycles. The maximum atomic E-state index is 13.5. The zero-order valence-corrected chi connectivity index (χ0v) is 20.7. The van der Waals surface area contributed by atoms with Gasteiger partial charge in [-0.05, 0) is 31.4 Å². The Labute approximate surface area is 200 Å². The lowest BCUT2D eigenvalue weighted by Gasteiger charge is -2.42. The van der Waals surface area contributed by atoms with Gasteiger partial charge >= 0.3 is 0 Å². The lowest BCUT2D eigenvalue weighted by molar-refractivity contribution is -0.384. The van der Waals surface area contributed by atoms with Crippen LogP contribution in [0.2, 0.25) is 0 Å². The number of hydrogen-bond acceptors (Lipinski definition) is 6. The van der Waals surface area contributed by atoms with E-state index < -0.39 is 32.5 Å². The average molecular weight is 490 g/mol. The maximum Gasteiger partial charge on any atom is 0.271 e. The number of anilines is 1. The van der Waals surface area contributed by atoms with Gasteiger partial charge in [-0.3, -0.25) is 19.2 Å². The SMILES string of the molecule is CC[C@@H](C(=O)N[C@@H]1CC(CC)(CC)Oc2ccccc21)N(c1cccc([N+](=O)[O-])c1)S(C)(=O)=O. The number of para-hydroxylation sites is 1. The first kappa shape index (κ1) is 25.5. The van der Waals surface area contributed by atoms with E-state index in [0.29, 0.717) is 12.2 Å². The summed E-state index contributed by atoms with van der Waals surface area (Å²) in [5.74, 6) is 0.233. The van der Waals surface area contributed by atoms with E-state index in [1.165, 1.54) is 24.3 Å². The predicted octanol–water partition coefficient (Wildman–Crippen LogP) is 4.34. The Morgan fingerprint density at radius 3 is 2.47 bits per heavy atom. The average Bonchev–Trinajstić information content (AvgIpc) is 2.81. The minimum Gasteiger partial charge on any atom is -0.487 e. The third-order valence-electron chi connectivity index (χ3n) is 6.43. The molecule has 184 valence electrons. The van der Waals surface area contributed by atoms with Crippen LogP contribution in [0.1, 0.15) is 58.1 Å². The normalized spacial score (nSPS) is 17.7. The predicted molar refractivity (Wildman–Crippen MR) is 130 cm³/mol. The highest BCUT2D eigenvalue weighted by molar-refractivity contribution is 7.92. The molecule has 1 N–H and O–H groups in total. The van der Waals surface area contributed by atoms with Gasteiger partial charge in [0, 0.05) is 24.1 Å². The molecule has 0 radical (unpaired) electrons. The molecule has 2 aromatic rings. The summed E-state index contributed by atoms with van der Waals surface area (Å²) in [7, 11) is -3.93. The van der Waals surface area contributed by atoms with E-state index in [2.05, 4.69) is 5.32 Å². The Kier molecular flexibility index (Phi) is 7.50. The van der Waals surface area contributed by atoms with E-state index in [4.69, 9.17) is 4.74 Å². The minimum absolute atomic E-state index is 0.0718. The number of nitrogens with one attached hydrogen (secondary N) is 1. The molecule has 10 heteroatoms. The fourth-order valence-corrected chi connectivity index (χ4v) is 5.71. The molecular weight excluding hydrogens is 458 g/mol. The number of fused-ring (bicyclic) bond motifs is 1. The zero-order valence-electron chi connectivity index (χ0n) is 19.9. The van der Waals surface area contributed by atoms with E-state index in [9.17, 15) is 23.3 Å². The van der Waals surface area contributed by atoms with Gasteiger partial charge in [0.15, 0.2) is 0 Å². The fraction of sp³-hybridized carbons (Fsp3) is 0.458. The molecule has 0 unspecified atom stereocenters. The summed E-state index contributed by atoms with van der Waals surface area (Å²) in [6, 6.07) is 11.4. The van der Waals surface area contributed by atoms with Crippen molar-refractivity contribution in [1.29, 1.82) is 0 Å². The fourth-order valence-electron chi connectivity index (χ4n) is 4.50. The maximum absolute atomic E-state index is 13.5. The number of amides is 1. The first-order valence-electron chi connectivity index (χ1n) is 11.4. The van der Waals surface area contributed by atoms with Crippen LogP contribution in [0.4, 0.5) is 11.4 Å². The van der Waals surface area contributed by atoms with Crippen molar-refractivity contribution in [2.45, 2.75) is 64.1 Å². The molecule has 9 nitrogen and oxygen atoms in total. The second kappa shape index (κ2) is 10.0. The van der Waals surface area contributed by atoms with Crippen LogP contribution in [0, 0.1) is 10.1 Å². The molecule has 3 rings (SSSR count). The van der Waals surface area contributed by atoms with E-state index in [0.717, 1.165) is 29.0 Å². The number of rotatable bonds is 9.